The fraction of sp³-hybridized carbons (Fsp3) is 0.304. The molecular formula is C23H25ClN4O4. The molecule has 1 heterocycles. The Morgan fingerprint density at radius 2 is 1.75 bits per heavy atom. The number of non-ortho nitro benzene ring substituents is 1. The van der Waals surface area contributed by atoms with E-state index in [2.05, 4.69) is 10.4 Å². The van der Waals surface area contributed by atoms with Gasteiger partial charge in [0.2, 0.25) is 5.91 Å². The zero-order valence-corrected chi connectivity index (χ0v) is 19.4. The van der Waals surface area contributed by atoms with Crippen molar-refractivity contribution in [1.29, 1.82) is 0 Å². The van der Waals surface area contributed by atoms with Gasteiger partial charge in [-0.25, -0.2) is 0 Å². The highest BCUT2D eigenvalue weighted by molar-refractivity contribution is 6.31. The van der Waals surface area contributed by atoms with E-state index < -0.39 is 11.0 Å². The van der Waals surface area contributed by atoms with Crippen LogP contribution >= 0.6 is 11.6 Å². The number of rotatable bonds is 7. The summed E-state index contributed by atoms with van der Waals surface area (Å²) in [6, 6.07) is 9.24. The summed E-state index contributed by atoms with van der Waals surface area (Å²) in [5.74, 6) is 0.457. The summed E-state index contributed by atoms with van der Waals surface area (Å²) in [6.07, 6.45) is 0.463. The van der Waals surface area contributed by atoms with E-state index in [0.29, 0.717) is 28.6 Å². The number of ether oxygens (including phenoxy) is 1. The van der Waals surface area contributed by atoms with Crippen LogP contribution in [0.25, 0.3) is 0 Å². The van der Waals surface area contributed by atoms with Gasteiger partial charge in [-0.2, -0.15) is 5.10 Å². The molecule has 1 aromatic heterocycles. The molecule has 32 heavy (non-hydrogen) atoms. The Bertz CT molecular complexity index is 1170. The number of halogens is 1. The normalized spacial score (nSPS) is 11.8. The molecule has 2 aromatic carbocycles. The smallest absolute Gasteiger partial charge is 0.275 e. The molecule has 0 radical (unpaired) electrons. The molecule has 3 aromatic rings. The number of benzene rings is 2. The first-order valence-electron chi connectivity index (χ1n) is 10.2. The van der Waals surface area contributed by atoms with Gasteiger partial charge in [0, 0.05) is 12.1 Å². The lowest BCUT2D eigenvalue weighted by molar-refractivity contribution is -0.384. The molecule has 1 amide bonds. The Morgan fingerprint density at radius 3 is 2.28 bits per heavy atom. The highest BCUT2D eigenvalue weighted by Gasteiger charge is 2.24. The molecule has 3 rings (SSSR count). The largest absolute Gasteiger partial charge is 0.457 e. The second-order valence-electron chi connectivity index (χ2n) is 7.74. The Labute approximate surface area is 191 Å². The number of hydrogen-bond donors (Lipinski definition) is 1. The van der Waals surface area contributed by atoms with Crippen LogP contribution in [0.2, 0.25) is 5.02 Å². The summed E-state index contributed by atoms with van der Waals surface area (Å²) < 4.78 is 7.45. The van der Waals surface area contributed by atoms with Gasteiger partial charge in [0.25, 0.3) is 5.69 Å². The third-order valence-corrected chi connectivity index (χ3v) is 5.57. The third-order valence-electron chi connectivity index (χ3n) is 5.02. The molecule has 0 spiro atoms. The molecule has 0 aliphatic rings. The molecule has 0 aliphatic heterocycles. The molecule has 0 saturated carbocycles. The Hall–Kier alpha value is -3.39. The summed E-state index contributed by atoms with van der Waals surface area (Å²) in [5, 5.41) is 19.1. The number of aryl methyl sites for hydroxylation is 3. The van der Waals surface area contributed by atoms with Gasteiger partial charge in [-0.1, -0.05) is 24.6 Å². The second-order valence-corrected chi connectivity index (χ2v) is 8.12. The monoisotopic (exact) mass is 456 g/mol. The van der Waals surface area contributed by atoms with Crippen molar-refractivity contribution in [1.82, 2.24) is 9.78 Å². The number of nitro groups is 1. The van der Waals surface area contributed by atoms with E-state index in [-0.39, 0.29) is 23.0 Å². The maximum Gasteiger partial charge on any atom is 0.275 e. The lowest BCUT2D eigenvalue weighted by Gasteiger charge is -2.18. The zero-order chi connectivity index (χ0) is 23.6. The highest BCUT2D eigenvalue weighted by atomic mass is 35.5. The number of carbonyl (C=O) groups is 1. The first-order chi connectivity index (χ1) is 15.1. The minimum absolute atomic E-state index is 0.190. The van der Waals surface area contributed by atoms with Crippen molar-refractivity contribution >= 4 is 28.9 Å². The summed E-state index contributed by atoms with van der Waals surface area (Å²) in [6.45, 7) is 9.30. The van der Waals surface area contributed by atoms with E-state index in [1.807, 2.05) is 39.0 Å². The van der Waals surface area contributed by atoms with Gasteiger partial charge >= 0.3 is 0 Å². The number of hydrogen-bond acceptors (Lipinski definition) is 5. The minimum Gasteiger partial charge on any atom is -0.457 e. The molecule has 8 nitrogen and oxygen atoms in total. The predicted molar refractivity (Wildman–Crippen MR) is 124 cm³/mol. The standard InChI is InChI=1S/C23H25ClN4O4/c1-6-21(27-16(5)22(24)15(4)26-27)23(29)25-17-10-18(28(30)31)12-20(11-17)32-19-8-13(2)7-14(3)9-19/h7-12,21H,6H2,1-5H3,(H,25,29). The number of amides is 1. The number of nitro benzene ring substituents is 1. The molecule has 168 valence electrons. The first-order valence-corrected chi connectivity index (χ1v) is 10.5. The van der Waals surface area contributed by atoms with E-state index in [9.17, 15) is 14.9 Å². The Kier molecular flexibility index (Phi) is 6.84. The van der Waals surface area contributed by atoms with Crippen LogP contribution in [0.4, 0.5) is 11.4 Å². The van der Waals surface area contributed by atoms with Gasteiger partial charge in [0.1, 0.15) is 17.5 Å². The van der Waals surface area contributed by atoms with Crippen molar-refractivity contribution in [2.45, 2.75) is 47.1 Å². The number of nitrogens with zero attached hydrogens (tertiary/aromatic N) is 3. The number of carbonyl (C=O) groups excluding carboxylic acids is 1. The van der Waals surface area contributed by atoms with Crippen LogP contribution < -0.4 is 10.1 Å². The summed E-state index contributed by atoms with van der Waals surface area (Å²) in [5.41, 5.74) is 3.40. The van der Waals surface area contributed by atoms with Crippen molar-refractivity contribution in [2.75, 3.05) is 5.32 Å². The summed E-state index contributed by atoms with van der Waals surface area (Å²) in [4.78, 5) is 24.0. The van der Waals surface area contributed by atoms with Crippen LogP contribution in [0.15, 0.2) is 36.4 Å². The van der Waals surface area contributed by atoms with Crippen LogP contribution in [0.5, 0.6) is 11.5 Å². The first kappa shape index (κ1) is 23.3. The van der Waals surface area contributed by atoms with Gasteiger partial charge in [0.05, 0.1) is 33.1 Å². The zero-order valence-electron chi connectivity index (χ0n) is 18.6. The van der Waals surface area contributed by atoms with Gasteiger partial charge in [-0.15, -0.1) is 0 Å². The van der Waals surface area contributed by atoms with Gasteiger partial charge in [-0.3, -0.25) is 19.6 Å². The quantitative estimate of drug-likeness (QED) is 0.344. The molecule has 0 fully saturated rings. The molecule has 1 unspecified atom stereocenters. The second kappa shape index (κ2) is 9.40. The fourth-order valence-corrected chi connectivity index (χ4v) is 3.71. The van der Waals surface area contributed by atoms with Crippen LogP contribution in [0.1, 0.15) is 41.9 Å². The van der Waals surface area contributed by atoms with Gasteiger partial charge < -0.3 is 10.1 Å². The van der Waals surface area contributed by atoms with Crippen LogP contribution in [0.3, 0.4) is 0 Å². The average Bonchev–Trinajstić information content (AvgIpc) is 2.95. The Balaban J connectivity index is 1.91. The molecule has 0 bridgehead atoms. The minimum atomic E-state index is -0.621. The maximum atomic E-state index is 13.0. The molecule has 0 aliphatic carbocycles. The third kappa shape index (κ3) is 5.08. The van der Waals surface area contributed by atoms with E-state index in [1.54, 1.807) is 24.6 Å². The van der Waals surface area contributed by atoms with Crippen molar-refractivity contribution in [3.05, 3.63) is 74.0 Å². The van der Waals surface area contributed by atoms with E-state index in [0.717, 1.165) is 11.1 Å². The van der Waals surface area contributed by atoms with Gasteiger partial charge in [0.15, 0.2) is 0 Å². The molecule has 1 N–H and O–H groups in total. The summed E-state index contributed by atoms with van der Waals surface area (Å²) in [7, 11) is 0. The van der Waals surface area contributed by atoms with Crippen LogP contribution in [0, 0.1) is 37.8 Å². The lowest BCUT2D eigenvalue weighted by Crippen LogP contribution is -2.27. The van der Waals surface area contributed by atoms with Crippen molar-refractivity contribution < 1.29 is 14.5 Å². The molecule has 0 saturated heterocycles. The van der Waals surface area contributed by atoms with Crippen molar-refractivity contribution in [3.63, 3.8) is 0 Å². The predicted octanol–water partition coefficient (Wildman–Crippen LogP) is 6.06. The number of anilines is 1. The number of nitrogens with one attached hydrogen (secondary N) is 1. The van der Waals surface area contributed by atoms with Crippen LogP contribution in [-0.4, -0.2) is 20.6 Å². The maximum absolute atomic E-state index is 13.0. The van der Waals surface area contributed by atoms with E-state index in [4.69, 9.17) is 16.3 Å². The molecular weight excluding hydrogens is 432 g/mol. The summed E-state index contributed by atoms with van der Waals surface area (Å²) >= 11 is 6.23. The van der Waals surface area contributed by atoms with Crippen molar-refractivity contribution in [2.24, 2.45) is 0 Å². The van der Waals surface area contributed by atoms with Gasteiger partial charge in [-0.05, 0) is 57.4 Å². The topological polar surface area (TPSA) is 99.3 Å². The average molecular weight is 457 g/mol. The Morgan fingerprint density at radius 1 is 1.12 bits per heavy atom. The highest BCUT2D eigenvalue weighted by Crippen LogP contribution is 2.31. The molecule has 1 atom stereocenters. The SMILES string of the molecule is CCC(C(=O)Nc1cc(Oc2cc(C)cc(C)c2)cc([N+](=O)[O-])c1)n1nc(C)c(Cl)c1C. The van der Waals surface area contributed by atoms with E-state index in [1.165, 1.54) is 12.1 Å². The number of aromatic nitrogens is 2. The van der Waals surface area contributed by atoms with Crippen LogP contribution in [-0.2, 0) is 4.79 Å². The van der Waals surface area contributed by atoms with E-state index >= 15 is 0 Å². The fourth-order valence-electron chi connectivity index (χ4n) is 3.59. The molecule has 9 heteroatoms. The van der Waals surface area contributed by atoms with Crippen molar-refractivity contribution in [3.8, 4) is 11.5 Å². The lowest BCUT2D eigenvalue weighted by atomic mass is 10.1.